The Morgan fingerprint density at radius 1 is 1.13 bits per heavy atom. The maximum Gasteiger partial charge on any atom is 0.324 e. The van der Waals surface area contributed by atoms with E-state index in [2.05, 4.69) is 5.32 Å². The molecule has 2 aromatic carbocycles. The number of likely N-dealkylation sites (tertiary alicyclic amines) is 1. The van der Waals surface area contributed by atoms with Gasteiger partial charge in [-0.1, -0.05) is 30.3 Å². The van der Waals surface area contributed by atoms with Gasteiger partial charge in [-0.2, -0.15) is 0 Å². The van der Waals surface area contributed by atoms with E-state index in [4.69, 9.17) is 4.74 Å². The van der Waals surface area contributed by atoms with Crippen molar-refractivity contribution in [3.8, 4) is 5.75 Å². The Bertz CT molecular complexity index is 974. The van der Waals surface area contributed by atoms with Crippen LogP contribution in [0.25, 0.3) is 0 Å². The number of ether oxygens (including phenoxy) is 1. The van der Waals surface area contributed by atoms with Gasteiger partial charge in [0.1, 0.15) is 11.9 Å². The number of urea groups is 1. The van der Waals surface area contributed by atoms with Gasteiger partial charge in [-0.15, -0.1) is 0 Å². The molecule has 0 unspecified atom stereocenters. The maximum atomic E-state index is 13.4. The van der Waals surface area contributed by atoms with Crippen LogP contribution in [0.3, 0.4) is 0 Å². The predicted octanol–water partition coefficient (Wildman–Crippen LogP) is 4.04. The molecular weight excluding hydrogens is 390 g/mol. The summed E-state index contributed by atoms with van der Waals surface area (Å²) in [6.07, 6.45) is 1.56. The van der Waals surface area contributed by atoms with E-state index in [9.17, 15) is 9.59 Å². The van der Waals surface area contributed by atoms with Crippen LogP contribution in [0.15, 0.2) is 42.5 Å². The van der Waals surface area contributed by atoms with E-state index in [1.165, 1.54) is 5.56 Å². The largest absolute Gasteiger partial charge is 0.487 e. The smallest absolute Gasteiger partial charge is 0.324 e. The number of aryl methyl sites for hydroxylation is 2. The maximum absolute atomic E-state index is 13.4. The van der Waals surface area contributed by atoms with E-state index in [0.29, 0.717) is 26.2 Å². The fourth-order valence-corrected chi connectivity index (χ4v) is 4.40. The minimum absolute atomic E-state index is 0.0207. The molecule has 0 bridgehead atoms. The average molecular weight is 422 g/mol. The molecule has 1 N–H and O–H groups in total. The van der Waals surface area contributed by atoms with Gasteiger partial charge in [0.05, 0.1) is 18.2 Å². The lowest BCUT2D eigenvalue weighted by atomic mass is 9.97. The molecule has 1 saturated heterocycles. The highest BCUT2D eigenvalue weighted by molar-refractivity contribution is 5.95. The number of hydrogen-bond acceptors (Lipinski definition) is 3. The van der Waals surface area contributed by atoms with Crippen LogP contribution in [-0.4, -0.2) is 42.6 Å². The summed E-state index contributed by atoms with van der Waals surface area (Å²) < 4.78 is 5.92. The number of piperidine rings is 1. The lowest BCUT2D eigenvalue weighted by Gasteiger charge is -2.39. The van der Waals surface area contributed by atoms with Crippen molar-refractivity contribution >= 4 is 17.6 Å². The first-order valence-corrected chi connectivity index (χ1v) is 11.1. The Morgan fingerprint density at radius 3 is 2.74 bits per heavy atom. The summed E-state index contributed by atoms with van der Waals surface area (Å²) in [4.78, 5) is 29.9. The summed E-state index contributed by atoms with van der Waals surface area (Å²) in [6.45, 7) is 8.18. The van der Waals surface area contributed by atoms with Crippen molar-refractivity contribution in [2.24, 2.45) is 5.92 Å². The van der Waals surface area contributed by atoms with Crippen molar-refractivity contribution in [2.75, 3.05) is 24.5 Å². The van der Waals surface area contributed by atoms with Crippen LogP contribution in [-0.2, 0) is 11.3 Å². The molecule has 2 aromatic rings. The molecule has 0 saturated carbocycles. The number of nitrogens with zero attached hydrogens (tertiary/aromatic N) is 2. The fourth-order valence-electron chi connectivity index (χ4n) is 4.40. The molecule has 3 amide bonds. The summed E-state index contributed by atoms with van der Waals surface area (Å²) in [5.74, 6) is 0.576. The van der Waals surface area contributed by atoms with Crippen LogP contribution < -0.4 is 15.0 Å². The van der Waals surface area contributed by atoms with Crippen molar-refractivity contribution in [1.29, 1.82) is 0 Å². The number of carbonyl (C=O) groups excluding carboxylic acids is 2. The lowest BCUT2D eigenvalue weighted by molar-refractivity contribution is -0.126. The highest BCUT2D eigenvalue weighted by atomic mass is 16.5. The molecule has 0 radical (unpaired) electrons. The van der Waals surface area contributed by atoms with Gasteiger partial charge in [0.15, 0.2) is 0 Å². The predicted molar refractivity (Wildman–Crippen MR) is 121 cm³/mol. The van der Waals surface area contributed by atoms with Gasteiger partial charge >= 0.3 is 6.03 Å². The second-order valence-electron chi connectivity index (χ2n) is 8.72. The molecule has 2 atom stereocenters. The Morgan fingerprint density at radius 2 is 1.94 bits per heavy atom. The molecule has 0 spiro atoms. The number of nitrogens with one attached hydrogen (secondary N) is 1. The van der Waals surface area contributed by atoms with E-state index in [1.54, 1.807) is 0 Å². The van der Waals surface area contributed by atoms with Gasteiger partial charge in [-0.05, 0) is 62.4 Å². The summed E-state index contributed by atoms with van der Waals surface area (Å²) in [7, 11) is 0. The van der Waals surface area contributed by atoms with Crippen molar-refractivity contribution in [3.05, 3.63) is 59.2 Å². The topological polar surface area (TPSA) is 61.9 Å². The molecule has 2 aliphatic rings. The third-order valence-corrected chi connectivity index (χ3v) is 6.18. The highest BCUT2D eigenvalue weighted by Crippen LogP contribution is 2.35. The SMILES string of the molecule is Cc1ccc2c(c1)N(C(=O)N1CCC[C@@H](C(=O)NCc3ccccc3C)C1)C[C@H](C)O2. The number of amides is 3. The molecule has 0 aromatic heterocycles. The van der Waals surface area contributed by atoms with E-state index >= 15 is 0 Å². The normalized spacial score (nSPS) is 20.6. The van der Waals surface area contributed by atoms with Crippen LogP contribution in [0.5, 0.6) is 5.75 Å². The summed E-state index contributed by atoms with van der Waals surface area (Å²) in [5, 5.41) is 3.07. The van der Waals surface area contributed by atoms with Gasteiger partial charge in [-0.25, -0.2) is 4.79 Å². The van der Waals surface area contributed by atoms with Gasteiger partial charge in [0.25, 0.3) is 0 Å². The summed E-state index contributed by atoms with van der Waals surface area (Å²) >= 11 is 0. The highest BCUT2D eigenvalue weighted by Gasteiger charge is 2.34. The second kappa shape index (κ2) is 9.00. The second-order valence-corrected chi connectivity index (χ2v) is 8.72. The van der Waals surface area contributed by atoms with Crippen LogP contribution in [0.2, 0.25) is 0 Å². The minimum Gasteiger partial charge on any atom is -0.487 e. The van der Waals surface area contributed by atoms with Gasteiger partial charge in [0.2, 0.25) is 5.91 Å². The van der Waals surface area contributed by atoms with Crippen LogP contribution >= 0.6 is 0 Å². The van der Waals surface area contributed by atoms with Crippen molar-refractivity contribution < 1.29 is 14.3 Å². The summed E-state index contributed by atoms with van der Waals surface area (Å²) in [6, 6.07) is 13.9. The third-order valence-electron chi connectivity index (χ3n) is 6.18. The standard InChI is InChI=1S/C25H31N3O3/c1-17-10-11-23-22(13-17)28(15-19(3)31-23)25(30)27-12-6-9-21(16-27)24(29)26-14-20-8-5-4-7-18(20)2/h4-5,7-8,10-11,13,19,21H,6,9,12,14-16H2,1-3H3,(H,26,29)/t19-,21+/m0/s1. The number of anilines is 1. The zero-order valence-electron chi connectivity index (χ0n) is 18.6. The van der Waals surface area contributed by atoms with Crippen LogP contribution in [0.1, 0.15) is 36.5 Å². The first-order chi connectivity index (χ1) is 14.9. The Kier molecular flexibility index (Phi) is 6.16. The first kappa shape index (κ1) is 21.2. The first-order valence-electron chi connectivity index (χ1n) is 11.1. The number of rotatable bonds is 3. The quantitative estimate of drug-likeness (QED) is 0.814. The number of carbonyl (C=O) groups is 2. The average Bonchev–Trinajstić information content (AvgIpc) is 2.77. The molecule has 6 heteroatoms. The number of hydrogen-bond donors (Lipinski definition) is 1. The number of fused-ring (bicyclic) bond motifs is 1. The summed E-state index contributed by atoms with van der Waals surface area (Å²) in [5.41, 5.74) is 4.18. The third kappa shape index (κ3) is 4.68. The Balaban J connectivity index is 1.43. The Hall–Kier alpha value is -3.02. The molecular formula is C25H31N3O3. The molecule has 4 rings (SSSR count). The van der Waals surface area contributed by atoms with E-state index in [1.807, 2.05) is 73.0 Å². The van der Waals surface area contributed by atoms with Gasteiger partial charge in [-0.3, -0.25) is 9.69 Å². The minimum atomic E-state index is -0.183. The van der Waals surface area contributed by atoms with E-state index in [0.717, 1.165) is 35.4 Å². The zero-order valence-corrected chi connectivity index (χ0v) is 18.6. The molecule has 1 fully saturated rings. The lowest BCUT2D eigenvalue weighted by Crippen LogP contribution is -2.53. The zero-order chi connectivity index (χ0) is 22.0. The monoisotopic (exact) mass is 421 g/mol. The molecule has 164 valence electrons. The van der Waals surface area contributed by atoms with Gasteiger partial charge in [0, 0.05) is 19.6 Å². The number of benzene rings is 2. The van der Waals surface area contributed by atoms with Crippen LogP contribution in [0.4, 0.5) is 10.5 Å². The molecule has 6 nitrogen and oxygen atoms in total. The van der Waals surface area contributed by atoms with Crippen molar-refractivity contribution in [3.63, 3.8) is 0 Å². The molecule has 31 heavy (non-hydrogen) atoms. The van der Waals surface area contributed by atoms with Crippen molar-refractivity contribution in [2.45, 2.75) is 46.3 Å². The molecule has 2 heterocycles. The van der Waals surface area contributed by atoms with Crippen molar-refractivity contribution in [1.82, 2.24) is 10.2 Å². The molecule has 2 aliphatic heterocycles. The fraction of sp³-hybridized carbons (Fsp3) is 0.440. The Labute approximate surface area is 184 Å². The van der Waals surface area contributed by atoms with E-state index < -0.39 is 0 Å². The van der Waals surface area contributed by atoms with Gasteiger partial charge < -0.3 is 15.0 Å². The molecule has 0 aliphatic carbocycles. The van der Waals surface area contributed by atoms with E-state index in [-0.39, 0.29) is 24.0 Å². The van der Waals surface area contributed by atoms with Crippen LogP contribution in [0, 0.1) is 19.8 Å².